The zero-order valence-electron chi connectivity index (χ0n) is 15.0. The number of alkyl halides is 3. The van der Waals surface area contributed by atoms with Gasteiger partial charge >= 0.3 is 12.1 Å². The van der Waals surface area contributed by atoms with Crippen LogP contribution in [0.2, 0.25) is 0 Å². The topological polar surface area (TPSA) is 105 Å². The summed E-state index contributed by atoms with van der Waals surface area (Å²) in [6.45, 7) is 0. The SMILES string of the molecule is O=C(O)CC/C(O)=c1\c(=O)cc(CCc2ccccc2C(F)(F)F)c2ncnn12. The number of hydrogen-bond acceptors (Lipinski definition) is 5. The summed E-state index contributed by atoms with van der Waals surface area (Å²) in [6, 6.07) is 6.38. The van der Waals surface area contributed by atoms with Gasteiger partial charge in [-0.1, -0.05) is 18.2 Å². The average Bonchev–Trinajstić information content (AvgIpc) is 3.13. The molecule has 29 heavy (non-hydrogen) atoms. The van der Waals surface area contributed by atoms with Crippen molar-refractivity contribution >= 4 is 17.4 Å². The Bertz CT molecular complexity index is 1170. The number of rotatable bonds is 6. The summed E-state index contributed by atoms with van der Waals surface area (Å²) >= 11 is 0. The highest BCUT2D eigenvalue weighted by molar-refractivity contribution is 5.68. The van der Waals surface area contributed by atoms with Gasteiger partial charge in [-0.25, -0.2) is 9.50 Å². The van der Waals surface area contributed by atoms with E-state index in [1.165, 1.54) is 24.3 Å². The summed E-state index contributed by atoms with van der Waals surface area (Å²) in [5, 5.41) is 22.6. The van der Waals surface area contributed by atoms with Crippen LogP contribution in [-0.4, -0.2) is 30.8 Å². The van der Waals surface area contributed by atoms with Crippen LogP contribution in [0.1, 0.15) is 29.5 Å². The number of carbonyl (C=O) groups is 1. The van der Waals surface area contributed by atoms with Crippen LogP contribution in [0, 0.1) is 0 Å². The zero-order valence-corrected chi connectivity index (χ0v) is 15.0. The molecular formula is C19H16F3N3O4. The van der Waals surface area contributed by atoms with E-state index in [1.807, 2.05) is 0 Å². The number of fused-ring (bicyclic) bond motifs is 1. The predicted octanol–water partition coefficient (Wildman–Crippen LogP) is 2.14. The lowest BCUT2D eigenvalue weighted by molar-refractivity contribution is -0.138. The number of aliphatic hydroxyl groups excluding tert-OH is 1. The highest BCUT2D eigenvalue weighted by Crippen LogP contribution is 2.32. The summed E-state index contributed by atoms with van der Waals surface area (Å²) in [6.07, 6.45) is -3.86. The Morgan fingerprint density at radius 1 is 1.07 bits per heavy atom. The predicted molar refractivity (Wildman–Crippen MR) is 96.2 cm³/mol. The molecule has 10 heteroatoms. The first-order chi connectivity index (χ1) is 13.7. The number of halogens is 3. The number of pyridine rings is 1. The van der Waals surface area contributed by atoms with E-state index in [1.54, 1.807) is 0 Å². The molecule has 3 rings (SSSR count). The van der Waals surface area contributed by atoms with Crippen molar-refractivity contribution in [1.29, 1.82) is 0 Å². The maximum absolute atomic E-state index is 13.2. The zero-order chi connectivity index (χ0) is 21.2. The molecule has 0 saturated heterocycles. The molecule has 1 aromatic carbocycles. The lowest BCUT2D eigenvalue weighted by atomic mass is 10.00. The van der Waals surface area contributed by atoms with Crippen molar-refractivity contribution in [2.45, 2.75) is 31.9 Å². The van der Waals surface area contributed by atoms with Crippen LogP contribution in [0.25, 0.3) is 11.4 Å². The van der Waals surface area contributed by atoms with Gasteiger partial charge in [-0.15, -0.1) is 0 Å². The average molecular weight is 407 g/mol. The molecule has 0 unspecified atom stereocenters. The summed E-state index contributed by atoms with van der Waals surface area (Å²) in [7, 11) is 0. The van der Waals surface area contributed by atoms with Crippen molar-refractivity contribution in [1.82, 2.24) is 14.6 Å². The number of carboxylic acid groups (broad SMARTS) is 1. The Morgan fingerprint density at radius 2 is 1.76 bits per heavy atom. The van der Waals surface area contributed by atoms with Crippen LogP contribution in [-0.2, 0) is 23.8 Å². The van der Waals surface area contributed by atoms with Gasteiger partial charge < -0.3 is 10.2 Å². The number of carboxylic acids is 1. The Kier molecular flexibility index (Phi) is 5.53. The van der Waals surface area contributed by atoms with Gasteiger partial charge in [0, 0.05) is 12.0 Å². The largest absolute Gasteiger partial charge is 0.510 e. The molecule has 0 atom stereocenters. The second-order valence-corrected chi connectivity index (χ2v) is 6.37. The number of hydrogen-bond donors (Lipinski definition) is 2. The summed E-state index contributed by atoms with van der Waals surface area (Å²) in [5.41, 5.74) is -0.684. The fourth-order valence-corrected chi connectivity index (χ4v) is 3.10. The normalized spacial score (nSPS) is 12.9. The van der Waals surface area contributed by atoms with E-state index in [4.69, 9.17) is 5.11 Å². The molecule has 152 valence electrons. The maximum Gasteiger partial charge on any atom is 0.416 e. The molecular weight excluding hydrogens is 391 g/mol. The summed E-state index contributed by atoms with van der Waals surface area (Å²) < 4.78 is 40.6. The van der Waals surface area contributed by atoms with Crippen molar-refractivity contribution in [3.8, 4) is 0 Å². The van der Waals surface area contributed by atoms with E-state index in [9.17, 15) is 27.9 Å². The molecule has 0 aliphatic heterocycles. The van der Waals surface area contributed by atoms with Crippen molar-refractivity contribution < 1.29 is 28.2 Å². The van der Waals surface area contributed by atoms with Crippen LogP contribution in [0.3, 0.4) is 0 Å². The number of aliphatic carboxylic acids is 1. The van der Waals surface area contributed by atoms with Crippen molar-refractivity contribution in [3.05, 3.63) is 68.9 Å². The van der Waals surface area contributed by atoms with E-state index in [-0.39, 0.29) is 42.2 Å². The minimum absolute atomic E-state index is 0.0195. The number of benzene rings is 1. The smallest absolute Gasteiger partial charge is 0.416 e. The van der Waals surface area contributed by atoms with Gasteiger partial charge in [-0.2, -0.15) is 18.3 Å². The third kappa shape index (κ3) is 4.36. The van der Waals surface area contributed by atoms with Crippen LogP contribution in [0.5, 0.6) is 0 Å². The van der Waals surface area contributed by atoms with Gasteiger partial charge in [0.1, 0.15) is 12.1 Å². The second-order valence-electron chi connectivity index (χ2n) is 6.37. The minimum atomic E-state index is -4.49. The van der Waals surface area contributed by atoms with Gasteiger partial charge in [0.15, 0.2) is 11.0 Å². The molecule has 0 fully saturated rings. The van der Waals surface area contributed by atoms with Crippen LogP contribution < -0.4 is 10.8 Å². The molecule has 7 nitrogen and oxygen atoms in total. The van der Waals surface area contributed by atoms with Crippen molar-refractivity contribution in [2.75, 3.05) is 0 Å². The number of aromatic nitrogens is 3. The lowest BCUT2D eigenvalue weighted by Gasteiger charge is -2.12. The standard InChI is InChI=1S/C19H16F3N3O4/c20-19(21,22)13-4-2-1-3-11(13)5-6-12-9-15(27)17(14(26)7-8-16(28)29)25-18(12)23-10-24-25/h1-4,9-10,26H,5-8H2,(H,28,29)/b17-14-. The number of aliphatic hydroxyl groups is 1. The Balaban J connectivity index is 1.99. The fourth-order valence-electron chi connectivity index (χ4n) is 3.10. The van der Waals surface area contributed by atoms with Crippen LogP contribution in [0.4, 0.5) is 13.2 Å². The quantitative estimate of drug-likeness (QED) is 0.649. The molecule has 0 radical (unpaired) electrons. The molecule has 3 aromatic rings. The van der Waals surface area contributed by atoms with E-state index in [2.05, 4.69) is 10.1 Å². The Morgan fingerprint density at radius 3 is 2.45 bits per heavy atom. The summed E-state index contributed by atoms with van der Waals surface area (Å²) in [4.78, 5) is 27.2. The molecule has 0 saturated carbocycles. The van der Waals surface area contributed by atoms with Crippen molar-refractivity contribution in [3.63, 3.8) is 0 Å². The van der Waals surface area contributed by atoms with Gasteiger partial charge in [-0.05, 0) is 30.5 Å². The molecule has 0 aliphatic rings. The molecule has 2 N–H and O–H groups in total. The maximum atomic E-state index is 13.2. The molecule has 0 spiro atoms. The van der Waals surface area contributed by atoms with Gasteiger partial charge in [0.2, 0.25) is 5.43 Å². The fraction of sp³-hybridized carbons (Fsp3) is 0.263. The van der Waals surface area contributed by atoms with E-state index >= 15 is 0 Å². The number of nitrogens with zero attached hydrogens (tertiary/aromatic N) is 3. The Hall–Kier alpha value is -3.43. The van der Waals surface area contributed by atoms with E-state index < -0.39 is 28.9 Å². The van der Waals surface area contributed by atoms with Gasteiger partial charge in [0.05, 0.1) is 12.0 Å². The molecule has 0 bridgehead atoms. The highest BCUT2D eigenvalue weighted by atomic mass is 19.4. The van der Waals surface area contributed by atoms with Crippen LogP contribution in [0.15, 0.2) is 41.5 Å². The van der Waals surface area contributed by atoms with E-state index in [0.29, 0.717) is 5.56 Å². The first kappa shape index (κ1) is 20.3. The van der Waals surface area contributed by atoms with Gasteiger partial charge in [-0.3, -0.25) is 9.59 Å². The molecule has 2 heterocycles. The monoisotopic (exact) mass is 407 g/mol. The first-order valence-corrected chi connectivity index (χ1v) is 8.63. The third-order valence-electron chi connectivity index (χ3n) is 4.42. The lowest BCUT2D eigenvalue weighted by Crippen LogP contribution is -2.35. The van der Waals surface area contributed by atoms with Gasteiger partial charge in [0.25, 0.3) is 0 Å². The second kappa shape index (κ2) is 7.90. The van der Waals surface area contributed by atoms with E-state index in [0.717, 1.165) is 16.9 Å². The number of aryl methyl sites for hydroxylation is 2. The molecule has 2 aromatic heterocycles. The minimum Gasteiger partial charge on any atom is -0.510 e. The first-order valence-electron chi connectivity index (χ1n) is 8.63. The van der Waals surface area contributed by atoms with Crippen LogP contribution >= 0.6 is 0 Å². The molecule has 0 amide bonds. The third-order valence-corrected chi connectivity index (χ3v) is 4.42. The molecule has 0 aliphatic carbocycles. The highest BCUT2D eigenvalue weighted by Gasteiger charge is 2.32. The Labute approximate surface area is 161 Å². The van der Waals surface area contributed by atoms with Crippen molar-refractivity contribution in [2.24, 2.45) is 0 Å². The summed E-state index contributed by atoms with van der Waals surface area (Å²) in [5.74, 6) is -1.58.